The van der Waals surface area contributed by atoms with Crippen molar-refractivity contribution in [3.63, 3.8) is 0 Å². The van der Waals surface area contributed by atoms with Gasteiger partial charge >= 0.3 is 24.2 Å². The predicted molar refractivity (Wildman–Crippen MR) is 69.5 cm³/mol. The molecule has 0 aromatic carbocycles. The van der Waals surface area contributed by atoms with E-state index in [2.05, 4.69) is 26.9 Å². The average molecular weight is 348 g/mol. The first kappa shape index (κ1) is 24.0. The average Bonchev–Trinajstić information content (AvgIpc) is 2.26. The van der Waals surface area contributed by atoms with E-state index < -0.39 is 24.2 Å². The molecule has 0 aliphatic rings. The van der Waals surface area contributed by atoms with Crippen LogP contribution < -0.4 is 0 Å². The van der Waals surface area contributed by atoms with Crippen molar-refractivity contribution in [1.29, 1.82) is 0 Å². The van der Waals surface area contributed by atoms with Crippen molar-refractivity contribution in [3.8, 4) is 12.1 Å². The van der Waals surface area contributed by atoms with Crippen LogP contribution in [-0.2, 0) is 10.1 Å². The fourth-order valence-corrected chi connectivity index (χ4v) is 0.671. The first-order valence-electron chi connectivity index (χ1n) is 4.63. The van der Waals surface area contributed by atoms with Gasteiger partial charge in [0.25, 0.3) is 0 Å². The summed E-state index contributed by atoms with van der Waals surface area (Å²) in [7, 11) is -8.49. The minimum Gasteiger partial charge on any atom is -0.279 e. The van der Waals surface area contributed by atoms with E-state index in [1.54, 1.807) is 0 Å². The second-order valence-electron chi connectivity index (χ2n) is 2.77. The summed E-state index contributed by atoms with van der Waals surface area (Å²) in [6.45, 7) is 6.86. The minimum atomic E-state index is -5.84. The highest BCUT2D eigenvalue weighted by Crippen LogP contribution is 2.35. The van der Waals surface area contributed by atoms with Crippen LogP contribution in [0.2, 0.25) is 0 Å². The van der Waals surface area contributed by atoms with Crippen molar-refractivity contribution in [2.24, 2.45) is 0 Å². The third-order valence-corrected chi connectivity index (χ3v) is 4.41. The van der Waals surface area contributed by atoms with Gasteiger partial charge < -0.3 is 0 Å². The molecule has 0 heterocycles. The Labute approximate surface area is 112 Å². The molecule has 0 bridgehead atoms. The van der Waals surface area contributed by atoms with E-state index >= 15 is 0 Å². The molecule has 0 saturated heterocycles. The lowest BCUT2D eigenvalue weighted by atomic mass is 11.0. The molecule has 0 amide bonds. The van der Waals surface area contributed by atoms with Crippen LogP contribution in [0.3, 0.4) is 0 Å². The molecule has 0 fully saturated rings. The molecule has 1 N–H and O–H groups in total. The Bertz CT molecular complexity index is 346. The number of halogens is 5. The Morgan fingerprint density at radius 1 is 1.21 bits per heavy atom. The van der Waals surface area contributed by atoms with Gasteiger partial charge in [0.1, 0.15) is 0 Å². The Balaban J connectivity index is -0.000000209. The van der Waals surface area contributed by atoms with Crippen LogP contribution in [0.1, 0.15) is 13.8 Å². The largest absolute Gasteiger partial charge is 0.522 e. The Hall–Kier alpha value is -0.0200. The van der Waals surface area contributed by atoms with Crippen LogP contribution in [0.15, 0.2) is 0 Å². The van der Waals surface area contributed by atoms with Gasteiger partial charge in [-0.15, -0.1) is 14.3 Å². The van der Waals surface area contributed by atoms with Gasteiger partial charge in [0.05, 0.1) is 0 Å². The normalized spacial score (nSPS) is 11.1. The fraction of sp³-hybridized carbons (Fsp3) is 0.750. The number of hydrogen-bond donors (Lipinski definition) is 1. The Kier molecular flexibility index (Phi) is 14.9. The summed E-state index contributed by atoms with van der Waals surface area (Å²) in [6, 6.07) is 0. The second kappa shape index (κ2) is 11.8. The minimum absolute atomic E-state index is 0.424. The molecular weight excluding hydrogens is 333 g/mol. The lowest BCUT2D eigenvalue weighted by Crippen LogP contribution is -2.21. The van der Waals surface area contributed by atoms with E-state index in [0.717, 1.165) is 0 Å². The quantitative estimate of drug-likeness (QED) is 0.265. The predicted octanol–water partition coefficient (Wildman–Crippen LogP) is 4.36. The van der Waals surface area contributed by atoms with Gasteiger partial charge in [-0.2, -0.15) is 30.0 Å². The summed E-state index contributed by atoms with van der Waals surface area (Å²) >= 11 is 0. The first-order valence-corrected chi connectivity index (χ1v) is 9.35. The van der Waals surface area contributed by atoms with Gasteiger partial charge in [0.2, 0.25) is 0 Å². The number of terminal acetylenes is 1. The lowest BCUT2D eigenvalue weighted by molar-refractivity contribution is -0.0510. The molecule has 116 valence electrons. The van der Waals surface area contributed by atoms with Crippen LogP contribution in [0.25, 0.3) is 0 Å². The van der Waals surface area contributed by atoms with Gasteiger partial charge in [0.15, 0.2) is 0 Å². The van der Waals surface area contributed by atoms with Crippen LogP contribution in [0.5, 0.6) is 0 Å². The summed E-state index contributed by atoms with van der Waals surface area (Å²) in [6.07, 6.45) is 6.99. The highest BCUT2D eigenvalue weighted by atomic mass is 32.2. The zero-order valence-corrected chi connectivity index (χ0v) is 13.1. The highest BCUT2D eigenvalue weighted by Gasteiger charge is 2.44. The summed E-state index contributed by atoms with van der Waals surface area (Å²) < 4.78 is 78.7. The molecule has 0 aromatic heterocycles. The van der Waals surface area contributed by atoms with E-state index in [9.17, 15) is 21.6 Å². The first-order chi connectivity index (χ1) is 8.33. The maximum Gasteiger partial charge on any atom is 0.522 e. The molecule has 0 aliphatic carbocycles. The Morgan fingerprint density at radius 3 is 1.42 bits per heavy atom. The van der Waals surface area contributed by atoms with Gasteiger partial charge in [-0.05, 0) is 24.7 Å². The summed E-state index contributed by atoms with van der Waals surface area (Å²) in [5.41, 5.74) is -4.28. The smallest absolute Gasteiger partial charge is 0.279 e. The van der Waals surface area contributed by atoms with Crippen molar-refractivity contribution >= 4 is 26.6 Å². The maximum atomic E-state index is 10.7. The molecule has 0 unspecified atom stereocenters. The SMILES string of the molecule is C#CP(F)F.CCP(C)CC.O=S(=O)(O)C(F)(F)F. The molecule has 0 radical (unpaired) electrons. The van der Waals surface area contributed by atoms with Gasteiger partial charge in [-0.25, -0.2) is 0 Å². The number of hydrogen-bond acceptors (Lipinski definition) is 2. The van der Waals surface area contributed by atoms with Crippen molar-refractivity contribution in [2.45, 2.75) is 19.4 Å². The zero-order chi connectivity index (χ0) is 16.3. The molecule has 11 heteroatoms. The van der Waals surface area contributed by atoms with Crippen molar-refractivity contribution in [1.82, 2.24) is 0 Å². The lowest BCUT2D eigenvalue weighted by Gasteiger charge is -2.00. The molecule has 0 aromatic rings. The molecule has 3 nitrogen and oxygen atoms in total. The molecule has 0 atom stereocenters. The van der Waals surface area contributed by atoms with Crippen LogP contribution in [-0.4, -0.2) is 37.5 Å². The molecule has 0 rings (SSSR count). The monoisotopic (exact) mass is 348 g/mol. The molecule has 0 aliphatic heterocycles. The third kappa shape index (κ3) is 20.5. The van der Waals surface area contributed by atoms with E-state index in [-0.39, 0.29) is 0 Å². The fourth-order valence-electron chi connectivity index (χ4n) is 0.224. The van der Waals surface area contributed by atoms with Crippen LogP contribution in [0.4, 0.5) is 21.6 Å². The molecule has 0 saturated carbocycles. The summed E-state index contributed by atoms with van der Waals surface area (Å²) in [4.78, 5) is 0. The molecule has 19 heavy (non-hydrogen) atoms. The number of alkyl halides is 3. The molecular formula is C8H15F5O3P2S. The Morgan fingerprint density at radius 2 is 1.42 bits per heavy atom. The van der Waals surface area contributed by atoms with E-state index in [1.165, 1.54) is 18.0 Å². The molecule has 0 spiro atoms. The van der Waals surface area contributed by atoms with Crippen LogP contribution >= 0.6 is 16.5 Å². The second-order valence-corrected chi connectivity index (χ2v) is 7.89. The zero-order valence-electron chi connectivity index (χ0n) is 10.4. The highest BCUT2D eigenvalue weighted by molar-refractivity contribution is 7.86. The summed E-state index contributed by atoms with van der Waals surface area (Å²) in [5, 5.41) is 0. The van der Waals surface area contributed by atoms with Gasteiger partial charge in [-0.1, -0.05) is 13.8 Å². The summed E-state index contributed by atoms with van der Waals surface area (Å²) in [5.74, 6) is 0. The van der Waals surface area contributed by atoms with Gasteiger partial charge in [-0.3, -0.25) is 4.55 Å². The van der Waals surface area contributed by atoms with E-state index in [1.807, 2.05) is 0 Å². The van der Waals surface area contributed by atoms with Crippen molar-refractivity contribution in [2.75, 3.05) is 19.0 Å². The number of rotatable bonds is 2. The van der Waals surface area contributed by atoms with Crippen molar-refractivity contribution < 1.29 is 34.5 Å². The standard InChI is InChI=1S/C5H13P.C2HF2P.CHF3O3S/c1-4-6(3)5-2;1-2-5(3)4;2-1(3,4)8(5,6)7/h4-5H2,1-3H3;1H;(H,5,6,7). The van der Waals surface area contributed by atoms with Crippen LogP contribution in [0, 0.1) is 12.1 Å². The van der Waals surface area contributed by atoms with E-state index in [0.29, 0.717) is 7.92 Å². The van der Waals surface area contributed by atoms with Crippen molar-refractivity contribution in [3.05, 3.63) is 0 Å². The third-order valence-electron chi connectivity index (χ3n) is 1.47. The topological polar surface area (TPSA) is 54.4 Å². The van der Waals surface area contributed by atoms with Gasteiger partial charge in [0, 0.05) is 0 Å². The maximum absolute atomic E-state index is 10.7. The van der Waals surface area contributed by atoms with E-state index in [4.69, 9.17) is 13.0 Å².